The topological polar surface area (TPSA) is 72.5 Å². The first-order chi connectivity index (χ1) is 9.96. The summed E-state index contributed by atoms with van der Waals surface area (Å²) in [4.78, 5) is 11.5. The van der Waals surface area contributed by atoms with Crippen LogP contribution < -0.4 is 5.73 Å². The normalized spacial score (nSPS) is 22.9. The maximum atomic E-state index is 11.5. The molecule has 0 saturated heterocycles. The zero-order chi connectivity index (χ0) is 17.1. The highest BCUT2D eigenvalue weighted by molar-refractivity contribution is 5.69. The summed E-state index contributed by atoms with van der Waals surface area (Å²) in [6.07, 6.45) is 4.58. The predicted molar refractivity (Wildman–Crippen MR) is 89.0 cm³/mol. The molecule has 22 heavy (non-hydrogen) atoms. The standard InChI is InChI=1S/C18H31NO3/c1-17(2,3)13-9-12(7-8-15(20)22-11-19)10-14(16(13)21)18(4,5)6/h9-10,13,16,21H,7-8,11,19H2,1-6H3. The maximum absolute atomic E-state index is 11.5. The van der Waals surface area contributed by atoms with Crippen LogP contribution in [-0.4, -0.2) is 23.9 Å². The lowest BCUT2D eigenvalue weighted by Crippen LogP contribution is -2.37. The molecule has 0 aromatic heterocycles. The number of ether oxygens (including phenoxy) is 1. The first-order valence-electron chi connectivity index (χ1n) is 7.93. The summed E-state index contributed by atoms with van der Waals surface area (Å²) in [6.45, 7) is 12.6. The fourth-order valence-electron chi connectivity index (χ4n) is 2.80. The number of carbonyl (C=O) groups excluding carboxylic acids is 1. The first-order valence-corrected chi connectivity index (χ1v) is 7.93. The number of aliphatic hydroxyl groups excluding tert-OH is 1. The Morgan fingerprint density at radius 3 is 2.32 bits per heavy atom. The zero-order valence-corrected chi connectivity index (χ0v) is 14.8. The molecule has 0 aromatic carbocycles. The molecule has 1 rings (SSSR count). The van der Waals surface area contributed by atoms with Crippen molar-refractivity contribution in [2.45, 2.75) is 60.5 Å². The van der Waals surface area contributed by atoms with E-state index >= 15 is 0 Å². The van der Waals surface area contributed by atoms with Crippen LogP contribution in [0, 0.1) is 16.7 Å². The second kappa shape index (κ2) is 6.97. The van der Waals surface area contributed by atoms with Crippen LogP contribution in [0.3, 0.4) is 0 Å². The molecule has 0 bridgehead atoms. The van der Waals surface area contributed by atoms with Crippen LogP contribution in [0.1, 0.15) is 54.4 Å². The minimum Gasteiger partial charge on any atom is -0.450 e. The van der Waals surface area contributed by atoms with Gasteiger partial charge in [-0.3, -0.25) is 10.5 Å². The van der Waals surface area contributed by atoms with Gasteiger partial charge < -0.3 is 9.84 Å². The third-order valence-corrected chi connectivity index (χ3v) is 4.12. The van der Waals surface area contributed by atoms with Crippen LogP contribution in [0.25, 0.3) is 0 Å². The molecule has 1 aliphatic carbocycles. The molecule has 0 heterocycles. The number of allylic oxidation sites excluding steroid dienone is 2. The number of esters is 1. The van der Waals surface area contributed by atoms with Gasteiger partial charge in [0.15, 0.2) is 0 Å². The number of rotatable bonds is 4. The molecule has 0 aliphatic heterocycles. The van der Waals surface area contributed by atoms with Crippen LogP contribution in [0.2, 0.25) is 0 Å². The second-order valence-corrected chi connectivity index (χ2v) is 8.11. The van der Waals surface area contributed by atoms with Gasteiger partial charge in [-0.25, -0.2) is 0 Å². The predicted octanol–water partition coefficient (Wildman–Crippen LogP) is 3.16. The Morgan fingerprint density at radius 1 is 1.27 bits per heavy atom. The molecule has 2 unspecified atom stereocenters. The van der Waals surface area contributed by atoms with Crippen LogP contribution in [0.5, 0.6) is 0 Å². The molecule has 3 N–H and O–H groups in total. The average molecular weight is 309 g/mol. The van der Waals surface area contributed by atoms with E-state index in [9.17, 15) is 9.90 Å². The van der Waals surface area contributed by atoms with Crippen LogP contribution in [-0.2, 0) is 9.53 Å². The van der Waals surface area contributed by atoms with Crippen molar-refractivity contribution in [2.75, 3.05) is 6.73 Å². The molecule has 2 atom stereocenters. The van der Waals surface area contributed by atoms with Gasteiger partial charge in [0.1, 0.15) is 6.73 Å². The van der Waals surface area contributed by atoms with Crippen LogP contribution >= 0.6 is 0 Å². The van der Waals surface area contributed by atoms with Gasteiger partial charge >= 0.3 is 5.97 Å². The second-order valence-electron chi connectivity index (χ2n) is 8.11. The van der Waals surface area contributed by atoms with E-state index in [0.29, 0.717) is 12.8 Å². The summed E-state index contributed by atoms with van der Waals surface area (Å²) in [7, 11) is 0. The van der Waals surface area contributed by atoms with E-state index in [0.717, 1.165) is 11.1 Å². The maximum Gasteiger partial charge on any atom is 0.307 e. The molecule has 4 nitrogen and oxygen atoms in total. The van der Waals surface area contributed by atoms with Gasteiger partial charge in [0.25, 0.3) is 0 Å². The number of aliphatic hydroxyl groups is 1. The van der Waals surface area contributed by atoms with Crippen LogP contribution in [0.4, 0.5) is 0 Å². The summed E-state index contributed by atoms with van der Waals surface area (Å²) in [5, 5.41) is 10.8. The fourth-order valence-corrected chi connectivity index (χ4v) is 2.80. The minimum absolute atomic E-state index is 0.0345. The molecule has 0 fully saturated rings. The Labute approximate surface area is 134 Å². The van der Waals surface area contributed by atoms with Crippen molar-refractivity contribution < 1.29 is 14.6 Å². The summed E-state index contributed by atoms with van der Waals surface area (Å²) >= 11 is 0. The summed E-state index contributed by atoms with van der Waals surface area (Å²) in [5.74, 6) is -0.250. The van der Waals surface area contributed by atoms with Gasteiger partial charge in [-0.05, 0) is 22.8 Å². The van der Waals surface area contributed by atoms with E-state index in [4.69, 9.17) is 10.5 Å². The largest absolute Gasteiger partial charge is 0.450 e. The van der Waals surface area contributed by atoms with Gasteiger partial charge in [-0.1, -0.05) is 59.3 Å². The van der Waals surface area contributed by atoms with Crippen LogP contribution in [0.15, 0.2) is 23.3 Å². The molecule has 0 aromatic rings. The monoisotopic (exact) mass is 309 g/mol. The summed E-state index contributed by atoms with van der Waals surface area (Å²) in [6, 6.07) is 0. The van der Waals surface area contributed by atoms with E-state index in [1.54, 1.807) is 0 Å². The quantitative estimate of drug-likeness (QED) is 0.618. The highest BCUT2D eigenvalue weighted by Crippen LogP contribution is 2.42. The molecule has 0 amide bonds. The van der Waals surface area contributed by atoms with Crippen molar-refractivity contribution in [3.8, 4) is 0 Å². The average Bonchev–Trinajstić information content (AvgIpc) is 2.35. The number of hydrogen-bond acceptors (Lipinski definition) is 4. The van der Waals surface area contributed by atoms with E-state index in [1.807, 2.05) is 6.08 Å². The molecule has 1 aliphatic rings. The highest BCUT2D eigenvalue weighted by Gasteiger charge is 2.37. The fraction of sp³-hybridized carbons (Fsp3) is 0.722. The lowest BCUT2D eigenvalue weighted by atomic mass is 9.67. The van der Waals surface area contributed by atoms with E-state index < -0.39 is 6.10 Å². The van der Waals surface area contributed by atoms with Crippen molar-refractivity contribution >= 4 is 5.97 Å². The van der Waals surface area contributed by atoms with Gasteiger partial charge in [0.05, 0.1) is 6.10 Å². The Morgan fingerprint density at radius 2 is 1.86 bits per heavy atom. The number of carbonyl (C=O) groups is 1. The molecular weight excluding hydrogens is 278 g/mol. The third kappa shape index (κ3) is 4.96. The number of hydrogen-bond donors (Lipinski definition) is 2. The van der Waals surface area contributed by atoms with Crippen molar-refractivity contribution in [1.82, 2.24) is 0 Å². The molecule has 126 valence electrons. The Balaban J connectivity index is 3.02. The van der Waals surface area contributed by atoms with Crippen molar-refractivity contribution in [2.24, 2.45) is 22.5 Å². The van der Waals surface area contributed by atoms with Crippen molar-refractivity contribution in [1.29, 1.82) is 0 Å². The van der Waals surface area contributed by atoms with E-state index in [-0.39, 0.29) is 29.4 Å². The molecule has 4 heteroatoms. The molecule has 0 saturated carbocycles. The SMILES string of the molecule is CC(C)(C)C1=CC(CCC(=O)OCN)=CC(C(C)(C)C)C1O. The Hall–Kier alpha value is -1.13. The first kappa shape index (κ1) is 18.9. The minimum atomic E-state index is -0.486. The molecular formula is C18H31NO3. The molecule has 0 spiro atoms. The van der Waals surface area contributed by atoms with Gasteiger partial charge in [0.2, 0.25) is 0 Å². The van der Waals surface area contributed by atoms with Crippen molar-refractivity contribution in [3.63, 3.8) is 0 Å². The van der Waals surface area contributed by atoms with Crippen molar-refractivity contribution in [3.05, 3.63) is 23.3 Å². The Kier molecular flexibility index (Phi) is 5.99. The smallest absolute Gasteiger partial charge is 0.307 e. The van der Waals surface area contributed by atoms with E-state index in [1.165, 1.54) is 0 Å². The third-order valence-electron chi connectivity index (χ3n) is 4.12. The van der Waals surface area contributed by atoms with Gasteiger partial charge in [0, 0.05) is 12.3 Å². The van der Waals surface area contributed by atoms with E-state index in [2.05, 4.69) is 47.6 Å². The van der Waals surface area contributed by atoms with Gasteiger partial charge in [-0.15, -0.1) is 0 Å². The highest BCUT2D eigenvalue weighted by atomic mass is 16.5. The summed E-state index contributed by atoms with van der Waals surface area (Å²) < 4.78 is 4.78. The molecule has 0 radical (unpaired) electrons. The number of nitrogens with two attached hydrogens (primary N) is 1. The lowest BCUT2D eigenvalue weighted by molar-refractivity contribution is -0.143. The summed E-state index contributed by atoms with van der Waals surface area (Å²) in [5.41, 5.74) is 7.16. The van der Waals surface area contributed by atoms with Gasteiger partial charge in [-0.2, -0.15) is 0 Å². The Bertz CT molecular complexity index is 464. The zero-order valence-electron chi connectivity index (χ0n) is 14.8. The lowest BCUT2D eigenvalue weighted by Gasteiger charge is -2.40.